The number of aromatic nitrogens is 1. The van der Waals surface area contributed by atoms with Crippen molar-refractivity contribution in [3.05, 3.63) is 30.1 Å². The second-order valence-corrected chi connectivity index (χ2v) is 5.27. The molecule has 19 heavy (non-hydrogen) atoms. The molecule has 0 saturated heterocycles. The van der Waals surface area contributed by atoms with Crippen LogP contribution in [0.15, 0.2) is 29.5 Å². The van der Waals surface area contributed by atoms with Gasteiger partial charge in [-0.05, 0) is 25.5 Å². The van der Waals surface area contributed by atoms with Crippen LogP contribution < -0.4 is 0 Å². The lowest BCUT2D eigenvalue weighted by molar-refractivity contribution is -0.119. The van der Waals surface area contributed by atoms with Crippen molar-refractivity contribution in [3.63, 3.8) is 0 Å². The molecule has 0 aliphatic carbocycles. The summed E-state index contributed by atoms with van der Waals surface area (Å²) in [7, 11) is 0. The van der Waals surface area contributed by atoms with Gasteiger partial charge in [-0.3, -0.25) is 14.8 Å². The number of carbonyl (C=O) groups excluding carboxylic acids is 1. The van der Waals surface area contributed by atoms with Crippen molar-refractivity contribution in [1.82, 2.24) is 4.98 Å². The molecule has 1 aliphatic heterocycles. The molecule has 1 aliphatic rings. The molecule has 4 nitrogen and oxygen atoms in total. The summed E-state index contributed by atoms with van der Waals surface area (Å²) in [5.74, 6) is -0.992. The first-order chi connectivity index (χ1) is 9.06. The maximum absolute atomic E-state index is 11.9. The van der Waals surface area contributed by atoms with Crippen LogP contribution in [0.2, 0.25) is 0 Å². The second-order valence-electron chi connectivity index (χ2n) is 4.74. The van der Waals surface area contributed by atoms with Gasteiger partial charge in [0.1, 0.15) is 11.2 Å². The number of carbonyl (C=O) groups is 1. The number of aliphatic imine (C=N–C) groups is 1. The van der Waals surface area contributed by atoms with E-state index in [1.807, 2.05) is 19.1 Å². The number of nitriles is 1. The molecular formula is C14H15N3OS. The van der Waals surface area contributed by atoms with Gasteiger partial charge in [-0.1, -0.05) is 6.07 Å². The van der Waals surface area contributed by atoms with Crippen LogP contribution in [0.3, 0.4) is 0 Å². The van der Waals surface area contributed by atoms with Crippen molar-refractivity contribution in [2.75, 3.05) is 0 Å². The molecule has 1 unspecified atom stereocenters. The van der Waals surface area contributed by atoms with Gasteiger partial charge >= 0.3 is 0 Å². The number of rotatable bonds is 2. The van der Waals surface area contributed by atoms with E-state index in [1.165, 1.54) is 0 Å². The van der Waals surface area contributed by atoms with Crippen LogP contribution in [-0.2, 0) is 4.79 Å². The highest BCUT2D eigenvalue weighted by molar-refractivity contribution is 7.81. The Labute approximate surface area is 118 Å². The predicted octanol–water partition coefficient (Wildman–Crippen LogP) is 2.24. The maximum atomic E-state index is 11.9. The van der Waals surface area contributed by atoms with Crippen molar-refractivity contribution < 1.29 is 4.79 Å². The number of ketones is 1. The summed E-state index contributed by atoms with van der Waals surface area (Å²) in [6.07, 6.45) is 3.39. The standard InChI is InChI=1S/C14H15N3OS/c1-8-12(9(2)18)13(10-4-3-5-16-7-10)11(6-15)14(19)17-8/h3-5,7,11-14,19H,1-2H3/t11-,12?,13+,14-/m0/s1. The van der Waals surface area contributed by atoms with E-state index in [0.717, 1.165) is 11.3 Å². The Morgan fingerprint density at radius 3 is 2.79 bits per heavy atom. The van der Waals surface area contributed by atoms with Gasteiger partial charge in [-0.25, -0.2) is 0 Å². The Morgan fingerprint density at radius 1 is 1.53 bits per heavy atom. The zero-order valence-corrected chi connectivity index (χ0v) is 11.7. The van der Waals surface area contributed by atoms with Gasteiger partial charge in [-0.2, -0.15) is 17.9 Å². The number of thiol groups is 1. The first-order valence-electron chi connectivity index (χ1n) is 6.08. The molecule has 5 heteroatoms. The van der Waals surface area contributed by atoms with Crippen LogP contribution >= 0.6 is 12.6 Å². The highest BCUT2D eigenvalue weighted by Gasteiger charge is 2.42. The smallest absolute Gasteiger partial charge is 0.139 e. The van der Waals surface area contributed by atoms with Gasteiger partial charge < -0.3 is 0 Å². The van der Waals surface area contributed by atoms with E-state index in [2.05, 4.69) is 28.7 Å². The maximum Gasteiger partial charge on any atom is 0.139 e. The van der Waals surface area contributed by atoms with Crippen molar-refractivity contribution >= 4 is 24.1 Å². The van der Waals surface area contributed by atoms with Crippen LogP contribution in [-0.4, -0.2) is 21.9 Å². The summed E-state index contributed by atoms with van der Waals surface area (Å²) in [6.45, 7) is 3.37. The van der Waals surface area contributed by atoms with Gasteiger partial charge in [0.05, 0.1) is 17.9 Å². The van der Waals surface area contributed by atoms with Crippen LogP contribution in [0.1, 0.15) is 25.3 Å². The molecular weight excluding hydrogens is 258 g/mol. The number of Topliss-reactive ketones (excluding diaryl/α,β-unsaturated/α-hetero) is 1. The van der Waals surface area contributed by atoms with E-state index in [1.54, 1.807) is 19.3 Å². The van der Waals surface area contributed by atoms with Crippen molar-refractivity contribution in [2.45, 2.75) is 25.1 Å². The lowest BCUT2D eigenvalue weighted by atomic mass is 9.72. The van der Waals surface area contributed by atoms with E-state index in [0.29, 0.717) is 0 Å². The van der Waals surface area contributed by atoms with Gasteiger partial charge in [0.15, 0.2) is 0 Å². The van der Waals surface area contributed by atoms with Gasteiger partial charge in [-0.15, -0.1) is 0 Å². The zero-order valence-electron chi connectivity index (χ0n) is 10.8. The monoisotopic (exact) mass is 273 g/mol. The van der Waals surface area contributed by atoms with E-state index in [-0.39, 0.29) is 17.6 Å². The number of hydrogen-bond donors (Lipinski definition) is 1. The molecule has 2 rings (SSSR count). The lowest BCUT2D eigenvalue weighted by Crippen LogP contribution is -2.39. The third-order valence-electron chi connectivity index (χ3n) is 3.51. The molecule has 98 valence electrons. The Hall–Kier alpha value is -1.67. The molecule has 0 saturated carbocycles. The van der Waals surface area contributed by atoms with Crippen molar-refractivity contribution in [3.8, 4) is 6.07 Å². The highest BCUT2D eigenvalue weighted by Crippen LogP contribution is 2.40. The minimum absolute atomic E-state index is 0.0237. The minimum atomic E-state index is -0.426. The fourth-order valence-electron chi connectivity index (χ4n) is 2.69. The molecule has 0 fully saturated rings. The minimum Gasteiger partial charge on any atom is -0.299 e. The molecule has 0 aromatic carbocycles. The van der Waals surface area contributed by atoms with E-state index in [4.69, 9.17) is 0 Å². The summed E-state index contributed by atoms with van der Waals surface area (Å²) in [4.78, 5) is 20.3. The average molecular weight is 273 g/mol. The Balaban J connectivity index is 2.54. The molecule has 4 atom stereocenters. The van der Waals surface area contributed by atoms with Gasteiger partial charge in [0.25, 0.3) is 0 Å². The van der Waals surface area contributed by atoms with Crippen LogP contribution in [0.4, 0.5) is 0 Å². The third kappa shape index (κ3) is 2.54. The summed E-state index contributed by atoms with van der Waals surface area (Å²) in [5.41, 5.74) is 1.63. The van der Waals surface area contributed by atoms with Crippen LogP contribution in [0, 0.1) is 23.2 Å². The lowest BCUT2D eigenvalue weighted by Gasteiger charge is -2.35. The molecule has 0 spiro atoms. The van der Waals surface area contributed by atoms with Crippen LogP contribution in [0.5, 0.6) is 0 Å². The highest BCUT2D eigenvalue weighted by atomic mass is 32.1. The van der Waals surface area contributed by atoms with E-state index >= 15 is 0 Å². The number of pyridine rings is 1. The number of nitrogens with zero attached hydrogens (tertiary/aromatic N) is 3. The van der Waals surface area contributed by atoms with Gasteiger partial charge in [0, 0.05) is 24.0 Å². The van der Waals surface area contributed by atoms with Crippen molar-refractivity contribution in [1.29, 1.82) is 5.26 Å². The summed E-state index contributed by atoms with van der Waals surface area (Å²) in [6, 6.07) is 5.96. The summed E-state index contributed by atoms with van der Waals surface area (Å²) in [5, 5.41) is 8.98. The fraction of sp³-hybridized carbons (Fsp3) is 0.429. The molecule has 0 bridgehead atoms. The number of hydrogen-bond acceptors (Lipinski definition) is 5. The quantitative estimate of drug-likeness (QED) is 0.840. The normalized spacial score (nSPS) is 30.3. The molecule has 0 radical (unpaired) electrons. The molecule has 1 aromatic heterocycles. The average Bonchev–Trinajstić information content (AvgIpc) is 2.38. The van der Waals surface area contributed by atoms with E-state index < -0.39 is 11.3 Å². The second kappa shape index (κ2) is 5.54. The van der Waals surface area contributed by atoms with Gasteiger partial charge in [0.2, 0.25) is 0 Å². The largest absolute Gasteiger partial charge is 0.299 e. The Kier molecular flexibility index (Phi) is 4.01. The SMILES string of the molecule is CC(=O)C1C(C)=N[C@@H](S)[C@@H](C#N)[C@H]1c1cccnc1. The summed E-state index contributed by atoms with van der Waals surface area (Å²) >= 11 is 4.37. The molecule has 1 aromatic rings. The van der Waals surface area contributed by atoms with Crippen LogP contribution in [0.25, 0.3) is 0 Å². The zero-order chi connectivity index (χ0) is 14.0. The Morgan fingerprint density at radius 2 is 2.26 bits per heavy atom. The Bertz CT molecular complexity index is 550. The molecule has 0 N–H and O–H groups in total. The molecule has 2 heterocycles. The fourth-order valence-corrected chi connectivity index (χ4v) is 3.12. The first kappa shape index (κ1) is 13.8. The topological polar surface area (TPSA) is 66.1 Å². The van der Waals surface area contributed by atoms with E-state index in [9.17, 15) is 10.1 Å². The molecule has 0 amide bonds. The summed E-state index contributed by atoms with van der Waals surface area (Å²) < 4.78 is 0. The third-order valence-corrected chi connectivity index (χ3v) is 3.95. The predicted molar refractivity (Wildman–Crippen MR) is 76.1 cm³/mol. The van der Waals surface area contributed by atoms with Crippen molar-refractivity contribution in [2.24, 2.45) is 16.8 Å². The first-order valence-corrected chi connectivity index (χ1v) is 6.60.